The Labute approximate surface area is 186 Å². The van der Waals surface area contributed by atoms with E-state index in [1.165, 1.54) is 12.1 Å². The Balaban J connectivity index is 1.60. The van der Waals surface area contributed by atoms with Crippen LogP contribution in [0.3, 0.4) is 0 Å². The predicted octanol–water partition coefficient (Wildman–Crippen LogP) is 7.65. The molecule has 0 fully saturated rings. The number of ether oxygens (including phenoxy) is 2. The molecule has 3 rings (SSSR count). The maximum atomic E-state index is 12.3. The second-order valence-corrected chi connectivity index (χ2v) is 7.87. The van der Waals surface area contributed by atoms with Crippen LogP contribution in [0.1, 0.15) is 30.9 Å². The Morgan fingerprint density at radius 1 is 0.968 bits per heavy atom. The molecule has 0 aliphatic rings. The van der Waals surface area contributed by atoms with Gasteiger partial charge in [0.25, 0.3) is 0 Å². The molecule has 3 aromatic carbocycles. The summed E-state index contributed by atoms with van der Waals surface area (Å²) in [4.78, 5) is 0. The molecular formula is C26H23ClF2O2. The maximum Gasteiger partial charge on any atom is 0.387 e. The molecular weight excluding hydrogens is 418 g/mol. The molecule has 0 aromatic heterocycles. The molecule has 0 amide bonds. The van der Waals surface area contributed by atoms with Crippen molar-refractivity contribution in [3.05, 3.63) is 88.9 Å². The van der Waals surface area contributed by atoms with Crippen LogP contribution < -0.4 is 9.47 Å². The highest BCUT2D eigenvalue weighted by molar-refractivity contribution is 6.30. The number of rotatable bonds is 9. The second kappa shape index (κ2) is 10.3. The number of halogens is 3. The Kier molecular flexibility index (Phi) is 7.55. The Bertz CT molecular complexity index is 1030. The van der Waals surface area contributed by atoms with Gasteiger partial charge in [-0.15, -0.1) is 6.42 Å². The van der Waals surface area contributed by atoms with Crippen LogP contribution in [0.5, 0.6) is 17.2 Å². The third-order valence-corrected chi connectivity index (χ3v) is 5.38. The van der Waals surface area contributed by atoms with Crippen molar-refractivity contribution in [1.82, 2.24) is 0 Å². The van der Waals surface area contributed by atoms with Crippen LogP contribution in [0.2, 0.25) is 5.02 Å². The van der Waals surface area contributed by atoms with E-state index in [1.807, 2.05) is 37.3 Å². The normalized spacial score (nSPS) is 12.8. The van der Waals surface area contributed by atoms with Crippen molar-refractivity contribution in [3.63, 3.8) is 0 Å². The summed E-state index contributed by atoms with van der Waals surface area (Å²) in [5, 5.41) is 0.661. The summed E-state index contributed by atoms with van der Waals surface area (Å²) in [6.07, 6.45) is 8.27. The molecule has 1 unspecified atom stereocenters. The van der Waals surface area contributed by atoms with Gasteiger partial charge in [-0.3, -0.25) is 0 Å². The fraction of sp³-hybridized carbons (Fsp3) is 0.231. The van der Waals surface area contributed by atoms with Gasteiger partial charge in [0.1, 0.15) is 17.2 Å². The molecule has 1 atom stereocenters. The van der Waals surface area contributed by atoms with E-state index in [1.54, 1.807) is 24.3 Å². The van der Waals surface area contributed by atoms with Crippen molar-refractivity contribution in [1.29, 1.82) is 0 Å². The van der Waals surface area contributed by atoms with Crippen LogP contribution in [0, 0.1) is 12.3 Å². The average Bonchev–Trinajstić information content (AvgIpc) is 2.75. The molecule has 0 heterocycles. The second-order valence-electron chi connectivity index (χ2n) is 7.44. The smallest absolute Gasteiger partial charge is 0.387 e. The van der Waals surface area contributed by atoms with E-state index in [9.17, 15) is 8.78 Å². The Morgan fingerprint density at radius 2 is 1.65 bits per heavy atom. The quantitative estimate of drug-likeness (QED) is 0.318. The first-order valence-corrected chi connectivity index (χ1v) is 10.3. The first-order chi connectivity index (χ1) is 14.9. The molecule has 31 heavy (non-hydrogen) atoms. The number of hydrogen-bond acceptors (Lipinski definition) is 2. The molecule has 0 aliphatic heterocycles. The number of benzene rings is 3. The van der Waals surface area contributed by atoms with Gasteiger partial charge in [-0.25, -0.2) is 0 Å². The van der Waals surface area contributed by atoms with Gasteiger partial charge in [0.15, 0.2) is 0 Å². The van der Waals surface area contributed by atoms with E-state index in [2.05, 4.69) is 16.7 Å². The highest BCUT2D eigenvalue weighted by Gasteiger charge is 2.23. The van der Waals surface area contributed by atoms with E-state index in [0.29, 0.717) is 5.02 Å². The van der Waals surface area contributed by atoms with E-state index < -0.39 is 12.0 Å². The molecule has 2 nitrogen and oxygen atoms in total. The third-order valence-electron chi connectivity index (χ3n) is 5.13. The summed E-state index contributed by atoms with van der Waals surface area (Å²) < 4.78 is 35.0. The van der Waals surface area contributed by atoms with Crippen molar-refractivity contribution in [2.75, 3.05) is 0 Å². The molecule has 0 saturated heterocycles. The van der Waals surface area contributed by atoms with Crippen molar-refractivity contribution in [3.8, 4) is 29.6 Å². The molecule has 0 radical (unpaired) electrons. The lowest BCUT2D eigenvalue weighted by atomic mass is 9.78. The fourth-order valence-corrected chi connectivity index (χ4v) is 3.48. The van der Waals surface area contributed by atoms with Crippen LogP contribution in [0.25, 0.3) is 0 Å². The van der Waals surface area contributed by atoms with Gasteiger partial charge in [0.05, 0.1) is 5.41 Å². The molecule has 0 spiro atoms. The minimum absolute atomic E-state index is 0.121. The lowest BCUT2D eigenvalue weighted by Crippen LogP contribution is -2.19. The predicted molar refractivity (Wildman–Crippen MR) is 120 cm³/mol. The minimum atomic E-state index is -2.84. The summed E-state index contributed by atoms with van der Waals surface area (Å²) >= 11 is 5.91. The Morgan fingerprint density at radius 3 is 2.29 bits per heavy atom. The number of alkyl halides is 2. The van der Waals surface area contributed by atoms with Crippen LogP contribution >= 0.6 is 11.6 Å². The Hall–Kier alpha value is -3.03. The van der Waals surface area contributed by atoms with Crippen molar-refractivity contribution >= 4 is 11.6 Å². The largest absolute Gasteiger partial charge is 0.457 e. The molecule has 3 aromatic rings. The lowest BCUT2D eigenvalue weighted by molar-refractivity contribution is -0.0498. The lowest BCUT2D eigenvalue weighted by Gasteiger charge is -2.24. The first kappa shape index (κ1) is 22.7. The molecule has 0 bridgehead atoms. The van der Waals surface area contributed by atoms with Crippen LogP contribution in [-0.2, 0) is 11.8 Å². The minimum Gasteiger partial charge on any atom is -0.457 e. The zero-order valence-electron chi connectivity index (χ0n) is 17.2. The highest BCUT2D eigenvalue weighted by atomic mass is 35.5. The van der Waals surface area contributed by atoms with Crippen LogP contribution in [0.15, 0.2) is 72.8 Å². The van der Waals surface area contributed by atoms with Gasteiger partial charge in [0, 0.05) is 5.02 Å². The standard InChI is InChI=1S/C26H23ClF2O2/c1-3-26(2,20-9-13-23(14-10-20)31-25(28)29)17-5-7-19-6-4-8-24(18-19)30-22-15-11-21(27)12-16-22/h1,4,6,8-16,18,25H,5,7,17H2,2H3. The van der Waals surface area contributed by atoms with Crippen molar-refractivity contribution < 1.29 is 18.3 Å². The number of terminal acetylenes is 1. The third kappa shape index (κ3) is 6.47. The summed E-state index contributed by atoms with van der Waals surface area (Å²) in [5.74, 6) is 4.47. The zero-order chi connectivity index (χ0) is 22.3. The van der Waals surface area contributed by atoms with Crippen molar-refractivity contribution in [2.24, 2.45) is 0 Å². The SMILES string of the molecule is C#CC(C)(CCCc1cccc(Oc2ccc(Cl)cc2)c1)c1ccc(OC(F)F)cc1. The van der Waals surface area contributed by atoms with Crippen molar-refractivity contribution in [2.45, 2.75) is 38.2 Å². The molecule has 0 N–H and O–H groups in total. The molecule has 0 aliphatic carbocycles. The number of aryl methyl sites for hydroxylation is 1. The van der Waals surface area contributed by atoms with Gasteiger partial charge in [-0.05, 0) is 85.8 Å². The summed E-state index contributed by atoms with van der Waals surface area (Å²) in [7, 11) is 0. The summed E-state index contributed by atoms with van der Waals surface area (Å²) in [6, 6.07) is 21.7. The van der Waals surface area contributed by atoms with E-state index >= 15 is 0 Å². The first-order valence-electron chi connectivity index (χ1n) is 9.93. The summed E-state index contributed by atoms with van der Waals surface area (Å²) in [5.41, 5.74) is 1.55. The van der Waals surface area contributed by atoms with Gasteiger partial charge >= 0.3 is 6.61 Å². The van der Waals surface area contributed by atoms with E-state index in [4.69, 9.17) is 22.8 Å². The van der Waals surface area contributed by atoms with Gasteiger partial charge in [-0.1, -0.05) is 41.8 Å². The average molecular weight is 441 g/mol. The topological polar surface area (TPSA) is 18.5 Å². The van der Waals surface area contributed by atoms with E-state index in [-0.39, 0.29) is 5.75 Å². The highest BCUT2D eigenvalue weighted by Crippen LogP contribution is 2.31. The number of hydrogen-bond donors (Lipinski definition) is 0. The van der Waals surface area contributed by atoms with Gasteiger partial charge < -0.3 is 9.47 Å². The van der Waals surface area contributed by atoms with Crippen LogP contribution in [-0.4, -0.2) is 6.61 Å². The van der Waals surface area contributed by atoms with Gasteiger partial charge in [0.2, 0.25) is 0 Å². The molecule has 0 saturated carbocycles. The molecule has 160 valence electrons. The fourth-order valence-electron chi connectivity index (χ4n) is 3.35. The maximum absolute atomic E-state index is 12.3. The molecule has 5 heteroatoms. The van der Waals surface area contributed by atoms with E-state index in [0.717, 1.165) is 41.9 Å². The summed E-state index contributed by atoms with van der Waals surface area (Å²) in [6.45, 7) is -0.861. The zero-order valence-corrected chi connectivity index (χ0v) is 17.9. The van der Waals surface area contributed by atoms with Crippen LogP contribution in [0.4, 0.5) is 8.78 Å². The monoisotopic (exact) mass is 440 g/mol. The van der Waals surface area contributed by atoms with Gasteiger partial charge in [-0.2, -0.15) is 8.78 Å².